The van der Waals surface area contributed by atoms with Crippen molar-refractivity contribution in [2.75, 3.05) is 16.8 Å². The van der Waals surface area contributed by atoms with Crippen LogP contribution >= 0.6 is 0 Å². The highest BCUT2D eigenvalue weighted by atomic mass is 16.5. The second-order valence-electron chi connectivity index (χ2n) is 6.79. The average Bonchev–Trinajstić information content (AvgIpc) is 3.28. The van der Waals surface area contributed by atoms with E-state index in [9.17, 15) is 9.59 Å². The number of aromatic nitrogens is 2. The van der Waals surface area contributed by atoms with Gasteiger partial charge in [-0.3, -0.25) is 14.8 Å². The van der Waals surface area contributed by atoms with Crippen molar-refractivity contribution >= 4 is 23.4 Å². The number of benzene rings is 2. The van der Waals surface area contributed by atoms with Gasteiger partial charge in [-0.15, -0.1) is 0 Å². The fourth-order valence-electron chi connectivity index (χ4n) is 3.19. The van der Waals surface area contributed by atoms with E-state index in [0.717, 1.165) is 11.4 Å². The molecular formula is C21H21N5O3. The number of ether oxygens (including phenoxy) is 1. The predicted molar refractivity (Wildman–Crippen MR) is 109 cm³/mol. The number of rotatable bonds is 5. The molecule has 1 aliphatic rings. The molecule has 1 aliphatic heterocycles. The lowest BCUT2D eigenvalue weighted by atomic mass is 10.2. The lowest BCUT2D eigenvalue weighted by Gasteiger charge is -2.18. The van der Waals surface area contributed by atoms with E-state index in [1.165, 1.54) is 0 Å². The van der Waals surface area contributed by atoms with Crippen LogP contribution in [0.2, 0.25) is 0 Å². The molecule has 4 rings (SSSR count). The second kappa shape index (κ2) is 8.05. The summed E-state index contributed by atoms with van der Waals surface area (Å²) in [7, 11) is 1.77. The zero-order valence-electron chi connectivity index (χ0n) is 15.9. The Kier molecular flexibility index (Phi) is 5.15. The minimum atomic E-state index is -0.380. The molecule has 0 unspecified atom stereocenters. The van der Waals surface area contributed by atoms with Crippen molar-refractivity contribution in [3.63, 3.8) is 0 Å². The molecule has 8 heteroatoms. The van der Waals surface area contributed by atoms with E-state index < -0.39 is 0 Å². The van der Waals surface area contributed by atoms with Crippen molar-refractivity contribution < 1.29 is 14.3 Å². The van der Waals surface area contributed by atoms with Crippen LogP contribution in [0.5, 0.6) is 11.5 Å². The molecular weight excluding hydrogens is 370 g/mol. The molecule has 8 nitrogen and oxygen atoms in total. The number of hydrogen-bond donors (Lipinski definition) is 2. The summed E-state index contributed by atoms with van der Waals surface area (Å²) in [4.78, 5) is 26.2. The maximum absolute atomic E-state index is 12.4. The maximum atomic E-state index is 12.4. The first-order chi connectivity index (χ1) is 14.1. The van der Waals surface area contributed by atoms with Gasteiger partial charge in [-0.1, -0.05) is 18.2 Å². The number of nitrogens with one attached hydrogen (secondary N) is 2. The maximum Gasteiger partial charge on any atom is 0.320 e. The highest BCUT2D eigenvalue weighted by Gasteiger charge is 2.31. The topological polar surface area (TPSA) is 88.5 Å². The molecule has 0 bridgehead atoms. The van der Waals surface area contributed by atoms with Crippen LogP contribution in [-0.4, -0.2) is 34.3 Å². The van der Waals surface area contributed by atoms with Gasteiger partial charge in [0.1, 0.15) is 11.5 Å². The zero-order valence-corrected chi connectivity index (χ0v) is 15.9. The Morgan fingerprint density at radius 2 is 1.79 bits per heavy atom. The third-order valence-electron chi connectivity index (χ3n) is 4.54. The quantitative estimate of drug-likeness (QED) is 0.699. The van der Waals surface area contributed by atoms with Crippen molar-refractivity contribution in [1.29, 1.82) is 0 Å². The van der Waals surface area contributed by atoms with Gasteiger partial charge in [0.15, 0.2) is 5.82 Å². The fourth-order valence-corrected chi connectivity index (χ4v) is 3.19. The van der Waals surface area contributed by atoms with Crippen molar-refractivity contribution in [2.24, 2.45) is 7.05 Å². The van der Waals surface area contributed by atoms with E-state index in [2.05, 4.69) is 15.7 Å². The molecule has 2 N–H and O–H groups in total. The first kappa shape index (κ1) is 18.5. The van der Waals surface area contributed by atoms with Crippen LogP contribution in [0.1, 0.15) is 6.42 Å². The van der Waals surface area contributed by atoms with Gasteiger partial charge < -0.3 is 15.0 Å². The second-order valence-corrected chi connectivity index (χ2v) is 6.79. The van der Waals surface area contributed by atoms with Gasteiger partial charge >= 0.3 is 6.03 Å². The molecule has 148 valence electrons. The summed E-state index contributed by atoms with van der Waals surface area (Å²) in [5, 5.41) is 9.58. The van der Waals surface area contributed by atoms with Crippen LogP contribution < -0.4 is 20.3 Å². The molecule has 1 atom stereocenters. The first-order valence-electron chi connectivity index (χ1n) is 9.27. The fraction of sp³-hybridized carbons (Fsp3) is 0.190. The predicted octanol–water partition coefficient (Wildman–Crippen LogP) is 3.14. The van der Waals surface area contributed by atoms with Gasteiger partial charge in [0.05, 0.1) is 6.04 Å². The van der Waals surface area contributed by atoms with Crippen LogP contribution in [0.4, 0.5) is 16.3 Å². The molecule has 1 aromatic heterocycles. The Hall–Kier alpha value is -3.81. The SMILES string of the molecule is Cn1ccc(NC(=O)N[C@H]2CC(=O)N(c3ccc(Oc4ccccc4)cc3)C2)n1. The summed E-state index contributed by atoms with van der Waals surface area (Å²) in [6.45, 7) is 0.410. The normalized spacial score (nSPS) is 16.0. The lowest BCUT2D eigenvalue weighted by Crippen LogP contribution is -2.39. The molecule has 0 radical (unpaired) electrons. The first-order valence-corrected chi connectivity index (χ1v) is 9.27. The lowest BCUT2D eigenvalue weighted by molar-refractivity contribution is -0.117. The van der Waals surface area contributed by atoms with Crippen molar-refractivity contribution in [3.05, 3.63) is 66.9 Å². The number of para-hydroxylation sites is 1. The van der Waals surface area contributed by atoms with Crippen LogP contribution in [0.25, 0.3) is 0 Å². The Morgan fingerprint density at radius 3 is 2.48 bits per heavy atom. The molecule has 2 heterocycles. The molecule has 0 saturated carbocycles. The van der Waals surface area contributed by atoms with Gasteiger partial charge in [0, 0.05) is 38.0 Å². The third kappa shape index (κ3) is 4.55. The number of anilines is 2. The average molecular weight is 391 g/mol. The molecule has 1 saturated heterocycles. The monoisotopic (exact) mass is 391 g/mol. The highest BCUT2D eigenvalue weighted by molar-refractivity contribution is 5.97. The molecule has 3 aromatic rings. The Balaban J connectivity index is 1.34. The summed E-state index contributed by atoms with van der Waals surface area (Å²) >= 11 is 0. The Bertz CT molecular complexity index is 1000. The van der Waals surface area contributed by atoms with Gasteiger partial charge in [0.25, 0.3) is 0 Å². The van der Waals surface area contributed by atoms with Gasteiger partial charge in [0.2, 0.25) is 5.91 Å². The number of carbonyl (C=O) groups is 2. The van der Waals surface area contributed by atoms with Crippen molar-refractivity contribution in [2.45, 2.75) is 12.5 Å². The van der Waals surface area contributed by atoms with Crippen molar-refractivity contribution in [3.8, 4) is 11.5 Å². The summed E-state index contributed by atoms with van der Waals surface area (Å²) in [6.07, 6.45) is 1.99. The van der Waals surface area contributed by atoms with E-state index >= 15 is 0 Å². The number of carbonyl (C=O) groups excluding carboxylic acids is 2. The minimum absolute atomic E-state index is 0.0372. The zero-order chi connectivity index (χ0) is 20.2. The Labute approximate surface area is 168 Å². The van der Waals surface area contributed by atoms with Crippen LogP contribution in [0.15, 0.2) is 66.9 Å². The van der Waals surface area contributed by atoms with Crippen LogP contribution in [-0.2, 0) is 11.8 Å². The van der Waals surface area contributed by atoms with Gasteiger partial charge in [-0.2, -0.15) is 5.10 Å². The number of hydrogen-bond acceptors (Lipinski definition) is 4. The summed E-state index contributed by atoms with van der Waals surface area (Å²) in [5.41, 5.74) is 0.768. The summed E-state index contributed by atoms with van der Waals surface area (Å²) in [5.74, 6) is 1.86. The number of nitrogens with zero attached hydrogens (tertiary/aromatic N) is 3. The number of urea groups is 1. The smallest absolute Gasteiger partial charge is 0.320 e. The summed E-state index contributed by atoms with van der Waals surface area (Å²) < 4.78 is 7.38. The van der Waals surface area contributed by atoms with E-state index in [-0.39, 0.29) is 24.4 Å². The van der Waals surface area contributed by atoms with E-state index in [1.807, 2.05) is 54.6 Å². The van der Waals surface area contributed by atoms with E-state index in [0.29, 0.717) is 18.1 Å². The highest BCUT2D eigenvalue weighted by Crippen LogP contribution is 2.27. The number of amides is 3. The van der Waals surface area contributed by atoms with E-state index in [1.54, 1.807) is 28.9 Å². The van der Waals surface area contributed by atoms with Crippen molar-refractivity contribution in [1.82, 2.24) is 15.1 Å². The largest absolute Gasteiger partial charge is 0.457 e. The Morgan fingerprint density at radius 1 is 1.07 bits per heavy atom. The van der Waals surface area contributed by atoms with E-state index in [4.69, 9.17) is 4.74 Å². The van der Waals surface area contributed by atoms with Crippen LogP contribution in [0, 0.1) is 0 Å². The number of aryl methyl sites for hydroxylation is 1. The summed E-state index contributed by atoms with van der Waals surface area (Å²) in [6, 6.07) is 17.9. The molecule has 3 amide bonds. The van der Waals surface area contributed by atoms with Crippen LogP contribution in [0.3, 0.4) is 0 Å². The molecule has 1 fully saturated rings. The molecule has 0 spiro atoms. The molecule has 2 aromatic carbocycles. The minimum Gasteiger partial charge on any atom is -0.457 e. The van der Waals surface area contributed by atoms with Gasteiger partial charge in [-0.25, -0.2) is 4.79 Å². The standard InChI is InChI=1S/C21H21N5O3/c1-25-12-11-19(24-25)23-21(28)22-15-13-20(27)26(14-15)16-7-9-18(10-8-16)29-17-5-3-2-4-6-17/h2-12,15H,13-14H2,1H3,(H2,22,23,24,28)/t15-/m0/s1. The molecule has 0 aliphatic carbocycles. The molecule has 29 heavy (non-hydrogen) atoms. The van der Waals surface area contributed by atoms with Gasteiger partial charge in [-0.05, 0) is 36.4 Å². The third-order valence-corrected chi connectivity index (χ3v) is 4.54.